The summed E-state index contributed by atoms with van der Waals surface area (Å²) in [6, 6.07) is 0. The Balaban J connectivity index is -0.000000245. The summed E-state index contributed by atoms with van der Waals surface area (Å²) in [6.45, 7) is 1.22. The van der Waals surface area contributed by atoms with Crippen molar-refractivity contribution < 1.29 is 20.4 Å². The SMILES string of the molecule is C[N+](C)(C)OCCN.O.[OH-]. The van der Waals surface area contributed by atoms with Gasteiger partial charge in [-0.1, -0.05) is 0 Å². The van der Waals surface area contributed by atoms with Crippen molar-refractivity contribution in [3.8, 4) is 0 Å². The molecule has 0 unspecified atom stereocenters. The molecule has 0 bridgehead atoms. The van der Waals surface area contributed by atoms with Crippen LogP contribution in [0, 0.1) is 0 Å². The highest BCUT2D eigenvalue weighted by Crippen LogP contribution is 1.88. The zero-order valence-electron chi connectivity index (χ0n) is 6.79. The predicted octanol–water partition coefficient (Wildman–Crippen LogP) is -1.42. The van der Waals surface area contributed by atoms with Gasteiger partial charge in [0.2, 0.25) is 0 Å². The molecular weight excluding hydrogens is 136 g/mol. The molecule has 0 aliphatic rings. The number of hydrogen-bond acceptors (Lipinski definition) is 3. The maximum absolute atomic E-state index is 5.20. The van der Waals surface area contributed by atoms with Crippen molar-refractivity contribution in [2.75, 3.05) is 34.3 Å². The summed E-state index contributed by atoms with van der Waals surface area (Å²) in [6.07, 6.45) is 0. The van der Waals surface area contributed by atoms with Gasteiger partial charge in [0.15, 0.2) is 0 Å². The molecule has 0 aliphatic carbocycles. The van der Waals surface area contributed by atoms with Gasteiger partial charge in [0, 0.05) is 6.54 Å². The zero-order chi connectivity index (χ0) is 6.62. The monoisotopic (exact) mass is 154 g/mol. The number of hydroxylamine groups is 3. The van der Waals surface area contributed by atoms with Crippen LogP contribution in [0.15, 0.2) is 0 Å². The second-order valence-electron chi connectivity index (χ2n) is 2.51. The van der Waals surface area contributed by atoms with E-state index in [0.717, 1.165) is 0 Å². The molecule has 0 aromatic carbocycles. The van der Waals surface area contributed by atoms with Crippen molar-refractivity contribution in [2.24, 2.45) is 5.73 Å². The molecule has 10 heavy (non-hydrogen) atoms. The van der Waals surface area contributed by atoms with Crippen LogP contribution in [0.4, 0.5) is 0 Å². The molecule has 0 amide bonds. The molecular formula is C5H18N2O3. The number of rotatable bonds is 3. The van der Waals surface area contributed by atoms with E-state index in [4.69, 9.17) is 10.6 Å². The Hall–Kier alpha value is -0.200. The van der Waals surface area contributed by atoms with Crippen molar-refractivity contribution in [3.63, 3.8) is 0 Å². The second-order valence-corrected chi connectivity index (χ2v) is 2.51. The molecule has 0 saturated heterocycles. The smallest absolute Gasteiger partial charge is 0.118 e. The molecule has 0 saturated carbocycles. The Morgan fingerprint density at radius 1 is 1.30 bits per heavy atom. The predicted molar refractivity (Wildman–Crippen MR) is 38.6 cm³/mol. The Bertz CT molecular complexity index is 62.4. The van der Waals surface area contributed by atoms with Gasteiger partial charge >= 0.3 is 0 Å². The number of nitrogens with two attached hydrogens (primary N) is 1. The van der Waals surface area contributed by atoms with Gasteiger partial charge in [-0.25, -0.2) is 4.84 Å². The van der Waals surface area contributed by atoms with E-state index >= 15 is 0 Å². The van der Waals surface area contributed by atoms with E-state index in [1.807, 2.05) is 21.1 Å². The molecule has 5 N–H and O–H groups in total. The van der Waals surface area contributed by atoms with Crippen LogP contribution in [-0.4, -0.2) is 49.9 Å². The summed E-state index contributed by atoms with van der Waals surface area (Å²) in [7, 11) is 5.86. The molecule has 5 heteroatoms. The van der Waals surface area contributed by atoms with Crippen LogP contribution >= 0.6 is 0 Å². The Labute approximate surface area is 61.5 Å². The lowest BCUT2D eigenvalue weighted by molar-refractivity contribution is -1.06. The first kappa shape index (κ1) is 16.4. The maximum atomic E-state index is 5.20. The third-order valence-electron chi connectivity index (χ3n) is 0.596. The van der Waals surface area contributed by atoms with Crippen molar-refractivity contribution in [1.29, 1.82) is 0 Å². The minimum absolute atomic E-state index is 0. The fraction of sp³-hybridized carbons (Fsp3) is 1.00. The maximum Gasteiger partial charge on any atom is 0.118 e. The Morgan fingerprint density at radius 3 is 1.80 bits per heavy atom. The summed E-state index contributed by atoms with van der Waals surface area (Å²) in [5.74, 6) is 0. The molecule has 0 radical (unpaired) electrons. The van der Waals surface area contributed by atoms with Gasteiger partial charge in [0.1, 0.15) is 6.61 Å². The topological polar surface area (TPSA) is 96.8 Å². The van der Waals surface area contributed by atoms with E-state index in [0.29, 0.717) is 17.8 Å². The zero-order valence-corrected chi connectivity index (χ0v) is 6.79. The molecule has 0 spiro atoms. The first-order chi connectivity index (χ1) is 3.56. The largest absolute Gasteiger partial charge is 0.870 e. The van der Waals surface area contributed by atoms with E-state index < -0.39 is 0 Å². The fourth-order valence-electron chi connectivity index (χ4n) is 0.327. The third-order valence-corrected chi connectivity index (χ3v) is 0.596. The van der Waals surface area contributed by atoms with Gasteiger partial charge < -0.3 is 16.7 Å². The molecule has 0 aliphatic heterocycles. The number of hydrogen-bond donors (Lipinski definition) is 1. The quantitative estimate of drug-likeness (QED) is 0.399. The molecule has 0 heterocycles. The average Bonchev–Trinajstić information content (AvgIpc) is 1.59. The lowest BCUT2D eigenvalue weighted by atomic mass is 10.7. The summed E-state index contributed by atoms with van der Waals surface area (Å²) in [4.78, 5) is 5.19. The van der Waals surface area contributed by atoms with Crippen LogP contribution in [0.5, 0.6) is 0 Å². The molecule has 66 valence electrons. The number of nitrogens with zero attached hydrogens (tertiary/aromatic N) is 1. The standard InChI is InChI=1S/C5H15N2O.2H2O/c1-7(2,3)8-5-4-6;;/h4-6H2,1-3H3;2*1H2/q+1;;/p-1. The van der Waals surface area contributed by atoms with Crippen LogP contribution in [0.1, 0.15) is 0 Å². The molecule has 0 aromatic rings. The first-order valence-electron chi connectivity index (χ1n) is 2.72. The van der Waals surface area contributed by atoms with Crippen molar-refractivity contribution in [1.82, 2.24) is 0 Å². The molecule has 5 nitrogen and oxygen atoms in total. The van der Waals surface area contributed by atoms with Crippen LogP contribution in [0.3, 0.4) is 0 Å². The second kappa shape index (κ2) is 6.91. The van der Waals surface area contributed by atoms with Gasteiger partial charge in [-0.15, -0.1) is 0 Å². The van der Waals surface area contributed by atoms with Crippen LogP contribution in [0.25, 0.3) is 0 Å². The molecule has 0 rings (SSSR count). The van der Waals surface area contributed by atoms with Crippen molar-refractivity contribution >= 4 is 0 Å². The van der Waals surface area contributed by atoms with Gasteiger partial charge in [-0.05, 0) is 0 Å². The van der Waals surface area contributed by atoms with E-state index in [-0.39, 0.29) is 11.0 Å². The minimum Gasteiger partial charge on any atom is -0.870 e. The minimum atomic E-state index is 0. The fourth-order valence-corrected chi connectivity index (χ4v) is 0.327. The third kappa shape index (κ3) is 15.7. The van der Waals surface area contributed by atoms with Crippen LogP contribution < -0.4 is 5.73 Å². The normalized spacial score (nSPS) is 9.60. The summed E-state index contributed by atoms with van der Waals surface area (Å²) >= 11 is 0. The van der Waals surface area contributed by atoms with Crippen molar-refractivity contribution in [2.45, 2.75) is 0 Å². The van der Waals surface area contributed by atoms with Gasteiger partial charge in [0.05, 0.1) is 21.1 Å². The molecule has 0 atom stereocenters. The summed E-state index contributed by atoms with van der Waals surface area (Å²) < 4.78 is 0.525. The van der Waals surface area contributed by atoms with E-state index in [2.05, 4.69) is 0 Å². The van der Waals surface area contributed by atoms with Crippen LogP contribution in [0.2, 0.25) is 0 Å². The van der Waals surface area contributed by atoms with E-state index in [1.165, 1.54) is 0 Å². The van der Waals surface area contributed by atoms with Gasteiger partial charge in [-0.3, -0.25) is 0 Å². The highest BCUT2D eigenvalue weighted by molar-refractivity contribution is 4.21. The highest BCUT2D eigenvalue weighted by Gasteiger charge is 2.04. The highest BCUT2D eigenvalue weighted by atomic mass is 16.7. The Morgan fingerprint density at radius 2 is 1.70 bits per heavy atom. The lowest BCUT2D eigenvalue weighted by Crippen LogP contribution is -2.36. The van der Waals surface area contributed by atoms with Gasteiger partial charge in [-0.2, -0.15) is 4.65 Å². The average molecular weight is 154 g/mol. The summed E-state index contributed by atoms with van der Waals surface area (Å²) in [5.41, 5.74) is 5.20. The molecule has 0 aromatic heterocycles. The van der Waals surface area contributed by atoms with E-state index in [1.54, 1.807) is 0 Å². The Kier molecular flexibility index (Phi) is 11.3. The van der Waals surface area contributed by atoms with Gasteiger partial charge in [0.25, 0.3) is 0 Å². The van der Waals surface area contributed by atoms with Crippen molar-refractivity contribution in [3.05, 3.63) is 0 Å². The van der Waals surface area contributed by atoms with E-state index in [9.17, 15) is 0 Å². The first-order valence-corrected chi connectivity index (χ1v) is 2.72. The van der Waals surface area contributed by atoms with Crippen LogP contribution in [-0.2, 0) is 4.84 Å². The lowest BCUT2D eigenvalue weighted by Gasteiger charge is -2.20. The number of quaternary nitrogens is 1. The molecule has 0 fully saturated rings. The summed E-state index contributed by atoms with van der Waals surface area (Å²) in [5, 5.41) is 0.